The lowest BCUT2D eigenvalue weighted by Gasteiger charge is -2.10. The van der Waals surface area contributed by atoms with Crippen molar-refractivity contribution in [3.8, 4) is 0 Å². The number of nitrogens with one attached hydrogen (secondary N) is 1. The Morgan fingerprint density at radius 1 is 0.640 bits per heavy atom. The minimum Gasteiger partial charge on any atom is -0.355 e. The second-order valence-corrected chi connectivity index (χ2v) is 5.64. The van der Waals surface area contributed by atoms with Crippen LogP contribution in [0.15, 0.2) is 110 Å². The summed E-state index contributed by atoms with van der Waals surface area (Å²) < 4.78 is 0. The van der Waals surface area contributed by atoms with Crippen LogP contribution in [0.1, 0.15) is 5.56 Å². The van der Waals surface area contributed by atoms with Gasteiger partial charge in [0.25, 0.3) is 0 Å². The average Bonchev–Trinajstić information content (AvgIpc) is 2.70. The van der Waals surface area contributed by atoms with Crippen molar-refractivity contribution >= 4 is 28.2 Å². The Morgan fingerprint density at radius 2 is 1.28 bits per heavy atom. The minimum atomic E-state index is 1.08. The first kappa shape index (κ1) is 16.5. The number of fused-ring (bicyclic) bond motifs is 1. The van der Waals surface area contributed by atoms with E-state index in [0.29, 0.717) is 0 Å². The molecule has 0 radical (unpaired) electrons. The standard InChI is InChI=1S/C18H15N.C6H6/c1-2-14-7-5-10-16(13-14)19-18-12-6-9-15-8-3-4-11-17(15)18;1-2-4-6-5-3-1/h2-13,19H,1H2;1-6H. The Morgan fingerprint density at radius 3 is 2.00 bits per heavy atom. The fourth-order valence-corrected chi connectivity index (χ4v) is 2.62. The topological polar surface area (TPSA) is 12.0 Å². The Balaban J connectivity index is 0.000000258. The van der Waals surface area contributed by atoms with Crippen LogP contribution in [0.3, 0.4) is 0 Å². The molecule has 0 spiro atoms. The Kier molecular flexibility index (Phi) is 5.63. The molecule has 0 saturated carbocycles. The Bertz CT molecular complexity index is 910. The summed E-state index contributed by atoms with van der Waals surface area (Å²) in [6, 6.07) is 34.9. The molecule has 1 nitrogen and oxygen atoms in total. The number of hydrogen-bond acceptors (Lipinski definition) is 1. The van der Waals surface area contributed by atoms with Gasteiger partial charge in [0.1, 0.15) is 0 Å². The molecule has 0 aliphatic rings. The van der Waals surface area contributed by atoms with Crippen molar-refractivity contribution in [2.75, 3.05) is 5.32 Å². The normalized spacial score (nSPS) is 9.76. The number of benzene rings is 4. The molecule has 4 aromatic rings. The van der Waals surface area contributed by atoms with Gasteiger partial charge in [0.15, 0.2) is 0 Å². The summed E-state index contributed by atoms with van der Waals surface area (Å²) >= 11 is 0. The third-order valence-electron chi connectivity index (χ3n) is 3.86. The van der Waals surface area contributed by atoms with Crippen LogP contribution in [0.25, 0.3) is 16.8 Å². The maximum absolute atomic E-state index is 3.80. The van der Waals surface area contributed by atoms with E-state index in [0.717, 1.165) is 16.9 Å². The van der Waals surface area contributed by atoms with Crippen LogP contribution < -0.4 is 5.32 Å². The molecule has 0 aliphatic heterocycles. The minimum absolute atomic E-state index is 1.08. The van der Waals surface area contributed by atoms with Crippen LogP contribution in [0.2, 0.25) is 0 Å². The quantitative estimate of drug-likeness (QED) is 0.432. The Labute approximate surface area is 149 Å². The summed E-state index contributed by atoms with van der Waals surface area (Å²) in [4.78, 5) is 0. The summed E-state index contributed by atoms with van der Waals surface area (Å²) in [7, 11) is 0. The zero-order valence-electron chi connectivity index (χ0n) is 14.1. The zero-order valence-corrected chi connectivity index (χ0v) is 14.1. The van der Waals surface area contributed by atoms with Crippen molar-refractivity contribution in [1.29, 1.82) is 0 Å². The molecular weight excluding hydrogens is 302 g/mol. The maximum Gasteiger partial charge on any atom is 0.0463 e. The predicted octanol–water partition coefficient (Wildman–Crippen LogP) is 6.91. The van der Waals surface area contributed by atoms with E-state index in [1.165, 1.54) is 10.8 Å². The molecule has 1 N–H and O–H groups in total. The molecule has 0 unspecified atom stereocenters. The van der Waals surface area contributed by atoms with Crippen molar-refractivity contribution in [2.24, 2.45) is 0 Å². The van der Waals surface area contributed by atoms with E-state index in [4.69, 9.17) is 0 Å². The molecule has 0 amide bonds. The first-order valence-corrected chi connectivity index (χ1v) is 8.34. The summed E-state index contributed by atoms with van der Waals surface area (Å²) in [5, 5.41) is 5.95. The average molecular weight is 323 g/mol. The highest BCUT2D eigenvalue weighted by atomic mass is 14.9. The lowest BCUT2D eigenvalue weighted by molar-refractivity contribution is 1.56. The highest BCUT2D eigenvalue weighted by Crippen LogP contribution is 2.26. The molecule has 0 bridgehead atoms. The summed E-state index contributed by atoms with van der Waals surface area (Å²) in [5.74, 6) is 0. The van der Waals surface area contributed by atoms with Gasteiger partial charge in [-0.1, -0.05) is 97.6 Å². The van der Waals surface area contributed by atoms with Crippen molar-refractivity contribution in [3.63, 3.8) is 0 Å². The van der Waals surface area contributed by atoms with E-state index in [1.807, 2.05) is 54.6 Å². The third kappa shape index (κ3) is 4.58. The van der Waals surface area contributed by atoms with Gasteiger partial charge in [0.05, 0.1) is 0 Å². The molecule has 0 fully saturated rings. The lowest BCUT2D eigenvalue weighted by atomic mass is 10.1. The molecule has 25 heavy (non-hydrogen) atoms. The number of rotatable bonds is 3. The first-order chi connectivity index (χ1) is 12.4. The van der Waals surface area contributed by atoms with E-state index in [-0.39, 0.29) is 0 Å². The Hall–Kier alpha value is -3.32. The third-order valence-corrected chi connectivity index (χ3v) is 3.86. The predicted molar refractivity (Wildman–Crippen MR) is 110 cm³/mol. The van der Waals surface area contributed by atoms with Gasteiger partial charge >= 0.3 is 0 Å². The molecule has 0 saturated heterocycles. The smallest absolute Gasteiger partial charge is 0.0463 e. The van der Waals surface area contributed by atoms with Crippen LogP contribution in [0.5, 0.6) is 0 Å². The SMILES string of the molecule is C=Cc1cccc(Nc2cccc3ccccc23)c1.c1ccccc1. The molecule has 4 rings (SSSR count). The van der Waals surface area contributed by atoms with Crippen LogP contribution in [0.4, 0.5) is 11.4 Å². The fraction of sp³-hybridized carbons (Fsp3) is 0. The van der Waals surface area contributed by atoms with Crippen molar-refractivity contribution in [2.45, 2.75) is 0 Å². The molecule has 0 aromatic heterocycles. The summed E-state index contributed by atoms with van der Waals surface area (Å²) in [6.45, 7) is 3.80. The number of hydrogen-bond donors (Lipinski definition) is 1. The highest BCUT2D eigenvalue weighted by molar-refractivity contribution is 5.95. The monoisotopic (exact) mass is 323 g/mol. The van der Waals surface area contributed by atoms with E-state index in [1.54, 1.807) is 0 Å². The molecule has 1 heteroatoms. The molecule has 0 atom stereocenters. The van der Waals surface area contributed by atoms with Crippen molar-refractivity contribution in [3.05, 3.63) is 115 Å². The van der Waals surface area contributed by atoms with Crippen molar-refractivity contribution < 1.29 is 0 Å². The molecular formula is C24H21N. The van der Waals surface area contributed by atoms with E-state index in [2.05, 4.69) is 66.5 Å². The van der Waals surface area contributed by atoms with Gasteiger partial charge in [-0.05, 0) is 29.1 Å². The van der Waals surface area contributed by atoms with Gasteiger partial charge in [0, 0.05) is 16.8 Å². The second kappa shape index (κ2) is 8.51. The number of anilines is 2. The van der Waals surface area contributed by atoms with Crippen LogP contribution in [-0.4, -0.2) is 0 Å². The van der Waals surface area contributed by atoms with Gasteiger partial charge in [-0.15, -0.1) is 0 Å². The largest absolute Gasteiger partial charge is 0.355 e. The summed E-state index contributed by atoms with van der Waals surface area (Å²) in [6.07, 6.45) is 1.86. The van der Waals surface area contributed by atoms with E-state index >= 15 is 0 Å². The van der Waals surface area contributed by atoms with Gasteiger partial charge in [-0.25, -0.2) is 0 Å². The van der Waals surface area contributed by atoms with Crippen LogP contribution in [0, 0.1) is 0 Å². The summed E-state index contributed by atoms with van der Waals surface area (Å²) in [5.41, 5.74) is 3.32. The second-order valence-electron chi connectivity index (χ2n) is 5.64. The van der Waals surface area contributed by atoms with Gasteiger partial charge in [-0.2, -0.15) is 0 Å². The fourth-order valence-electron chi connectivity index (χ4n) is 2.62. The molecule has 4 aromatic carbocycles. The maximum atomic E-state index is 3.80. The molecule has 122 valence electrons. The zero-order chi connectivity index (χ0) is 17.3. The molecule has 0 heterocycles. The lowest BCUT2D eigenvalue weighted by Crippen LogP contribution is -1.91. The van der Waals surface area contributed by atoms with Gasteiger partial charge in [0.2, 0.25) is 0 Å². The van der Waals surface area contributed by atoms with Crippen molar-refractivity contribution in [1.82, 2.24) is 0 Å². The first-order valence-electron chi connectivity index (χ1n) is 8.34. The van der Waals surface area contributed by atoms with Crippen LogP contribution >= 0.6 is 0 Å². The highest BCUT2D eigenvalue weighted by Gasteiger charge is 2.00. The van der Waals surface area contributed by atoms with Gasteiger partial charge in [-0.3, -0.25) is 0 Å². The van der Waals surface area contributed by atoms with E-state index in [9.17, 15) is 0 Å². The van der Waals surface area contributed by atoms with E-state index < -0.39 is 0 Å². The van der Waals surface area contributed by atoms with Gasteiger partial charge < -0.3 is 5.32 Å². The van der Waals surface area contributed by atoms with Crippen LogP contribution in [-0.2, 0) is 0 Å². The molecule has 0 aliphatic carbocycles.